The second-order valence-corrected chi connectivity index (χ2v) is 6.70. The molecule has 3 aromatic rings. The molecule has 3 rings (SSSR count). The van der Waals surface area contributed by atoms with Crippen molar-refractivity contribution in [2.45, 2.75) is 19.9 Å². The number of nitrogens with one attached hydrogen (secondary N) is 1. The quantitative estimate of drug-likeness (QED) is 0.731. The zero-order valence-corrected chi connectivity index (χ0v) is 16.2. The van der Waals surface area contributed by atoms with Crippen LogP contribution in [0.5, 0.6) is 0 Å². The first kappa shape index (κ1) is 19.3. The SMILES string of the molecule is Cc1cccc(C)c1NC(=O)[C@@H](c1ccccc1)N(C)C(=O)c1ccccn1. The van der Waals surface area contributed by atoms with Crippen molar-refractivity contribution in [1.29, 1.82) is 0 Å². The molecule has 5 nitrogen and oxygen atoms in total. The molecular weight excluding hydrogens is 350 g/mol. The molecule has 2 amide bonds. The van der Waals surface area contributed by atoms with Gasteiger partial charge in [0.05, 0.1) is 0 Å². The summed E-state index contributed by atoms with van der Waals surface area (Å²) in [6.07, 6.45) is 1.56. The molecular formula is C23H23N3O2. The Morgan fingerprint density at radius 1 is 0.893 bits per heavy atom. The highest BCUT2D eigenvalue weighted by Gasteiger charge is 2.30. The Labute approximate surface area is 165 Å². The molecule has 0 bridgehead atoms. The fraction of sp³-hybridized carbons (Fsp3) is 0.174. The van der Waals surface area contributed by atoms with Crippen molar-refractivity contribution in [1.82, 2.24) is 9.88 Å². The Balaban J connectivity index is 1.95. The standard InChI is InChI=1S/C23H23N3O2/c1-16-10-9-11-17(2)20(16)25-22(27)21(18-12-5-4-6-13-18)26(3)23(28)19-14-7-8-15-24-19/h4-15,21H,1-3H3,(H,25,27)/t21-/m1/s1. The van der Waals surface area contributed by atoms with Crippen molar-refractivity contribution < 1.29 is 9.59 Å². The van der Waals surface area contributed by atoms with Gasteiger partial charge in [-0.1, -0.05) is 54.6 Å². The molecule has 0 spiro atoms. The maximum Gasteiger partial charge on any atom is 0.273 e. The van der Waals surface area contributed by atoms with Crippen molar-refractivity contribution in [3.8, 4) is 0 Å². The topological polar surface area (TPSA) is 62.3 Å². The Bertz CT molecular complexity index is 951. The van der Waals surface area contributed by atoms with E-state index in [2.05, 4.69) is 10.3 Å². The fourth-order valence-electron chi connectivity index (χ4n) is 3.18. The number of pyridine rings is 1. The van der Waals surface area contributed by atoms with E-state index in [1.165, 1.54) is 4.90 Å². The molecule has 1 N–H and O–H groups in total. The lowest BCUT2D eigenvalue weighted by Gasteiger charge is -2.28. The number of likely N-dealkylation sites (N-methyl/N-ethyl adjacent to an activating group) is 1. The highest BCUT2D eigenvalue weighted by molar-refractivity contribution is 6.01. The first-order chi connectivity index (χ1) is 13.5. The lowest BCUT2D eigenvalue weighted by atomic mass is 10.0. The maximum atomic E-state index is 13.3. The van der Waals surface area contributed by atoms with Gasteiger partial charge in [0.1, 0.15) is 11.7 Å². The number of amides is 2. The van der Waals surface area contributed by atoms with Gasteiger partial charge in [0.2, 0.25) is 0 Å². The normalized spacial score (nSPS) is 11.5. The van der Waals surface area contributed by atoms with Gasteiger partial charge in [-0.3, -0.25) is 14.6 Å². The molecule has 5 heteroatoms. The summed E-state index contributed by atoms with van der Waals surface area (Å²) < 4.78 is 0. The number of hydrogen-bond acceptors (Lipinski definition) is 3. The van der Waals surface area contributed by atoms with Crippen LogP contribution in [0.2, 0.25) is 0 Å². The largest absolute Gasteiger partial charge is 0.324 e. The number of hydrogen-bond donors (Lipinski definition) is 1. The molecule has 0 saturated heterocycles. The van der Waals surface area contributed by atoms with Crippen LogP contribution in [-0.2, 0) is 4.79 Å². The first-order valence-corrected chi connectivity index (χ1v) is 9.09. The minimum absolute atomic E-state index is 0.268. The van der Waals surface area contributed by atoms with Crippen molar-refractivity contribution in [2.75, 3.05) is 12.4 Å². The molecule has 1 heterocycles. The molecule has 0 saturated carbocycles. The van der Waals surface area contributed by atoms with Crippen LogP contribution in [0.4, 0.5) is 5.69 Å². The molecule has 0 aliphatic rings. The average molecular weight is 373 g/mol. The van der Waals surface area contributed by atoms with Crippen LogP contribution in [0.1, 0.15) is 33.2 Å². The molecule has 0 radical (unpaired) electrons. The van der Waals surface area contributed by atoms with Crippen molar-refractivity contribution >= 4 is 17.5 Å². The lowest BCUT2D eigenvalue weighted by molar-refractivity contribution is -0.120. The lowest BCUT2D eigenvalue weighted by Crippen LogP contribution is -2.39. The summed E-state index contributed by atoms with van der Waals surface area (Å²) in [4.78, 5) is 31.8. The van der Waals surface area contributed by atoms with E-state index in [9.17, 15) is 9.59 Å². The van der Waals surface area contributed by atoms with E-state index in [4.69, 9.17) is 0 Å². The van der Waals surface area contributed by atoms with Gasteiger partial charge in [-0.2, -0.15) is 0 Å². The number of aromatic nitrogens is 1. The van der Waals surface area contributed by atoms with Crippen LogP contribution in [0.15, 0.2) is 72.9 Å². The van der Waals surface area contributed by atoms with Crippen LogP contribution in [0.25, 0.3) is 0 Å². The number of nitrogens with zero attached hydrogens (tertiary/aromatic N) is 2. The van der Waals surface area contributed by atoms with Crippen molar-refractivity contribution in [3.05, 3.63) is 95.3 Å². The van der Waals surface area contributed by atoms with E-state index >= 15 is 0 Å². The van der Waals surface area contributed by atoms with E-state index in [0.29, 0.717) is 5.69 Å². The van der Waals surface area contributed by atoms with Gasteiger partial charge >= 0.3 is 0 Å². The third kappa shape index (κ3) is 4.09. The van der Waals surface area contributed by atoms with Crippen LogP contribution in [-0.4, -0.2) is 28.7 Å². The van der Waals surface area contributed by atoms with E-state index in [1.54, 1.807) is 31.4 Å². The Hall–Kier alpha value is -3.47. The molecule has 2 aromatic carbocycles. The van der Waals surface area contributed by atoms with Crippen LogP contribution in [0.3, 0.4) is 0 Å². The second kappa shape index (κ2) is 8.48. The highest BCUT2D eigenvalue weighted by Crippen LogP contribution is 2.26. The molecule has 142 valence electrons. The first-order valence-electron chi connectivity index (χ1n) is 9.09. The summed E-state index contributed by atoms with van der Waals surface area (Å²) in [5.74, 6) is -0.582. The fourth-order valence-corrected chi connectivity index (χ4v) is 3.18. The predicted octanol–water partition coefficient (Wildman–Crippen LogP) is 4.15. The molecule has 0 aliphatic carbocycles. The summed E-state index contributed by atoms with van der Waals surface area (Å²) in [5, 5.41) is 3.01. The zero-order chi connectivity index (χ0) is 20.1. The number of carbonyl (C=O) groups excluding carboxylic acids is 2. The van der Waals surface area contributed by atoms with Crippen molar-refractivity contribution in [3.63, 3.8) is 0 Å². The smallest absolute Gasteiger partial charge is 0.273 e. The Kier molecular flexibility index (Phi) is 5.84. The van der Waals surface area contributed by atoms with Gasteiger partial charge in [0.25, 0.3) is 11.8 Å². The summed E-state index contributed by atoms with van der Waals surface area (Å²) in [7, 11) is 1.62. The zero-order valence-electron chi connectivity index (χ0n) is 16.2. The van der Waals surface area contributed by atoms with Crippen LogP contribution >= 0.6 is 0 Å². The molecule has 28 heavy (non-hydrogen) atoms. The van der Waals surface area contributed by atoms with Gasteiger partial charge < -0.3 is 10.2 Å². The van der Waals surface area contributed by atoms with Crippen LogP contribution in [0, 0.1) is 13.8 Å². The van der Waals surface area contributed by atoms with E-state index < -0.39 is 6.04 Å². The predicted molar refractivity (Wildman–Crippen MR) is 110 cm³/mol. The summed E-state index contributed by atoms with van der Waals surface area (Å²) >= 11 is 0. The van der Waals surface area contributed by atoms with Crippen molar-refractivity contribution in [2.24, 2.45) is 0 Å². The molecule has 1 atom stereocenters. The average Bonchev–Trinajstić information content (AvgIpc) is 2.72. The van der Waals surface area contributed by atoms with E-state index in [1.807, 2.05) is 62.4 Å². The third-order valence-electron chi connectivity index (χ3n) is 4.68. The number of rotatable bonds is 5. The summed E-state index contributed by atoms with van der Waals surface area (Å²) in [6, 6.07) is 19.5. The number of para-hydroxylation sites is 1. The number of carbonyl (C=O) groups is 2. The van der Waals surface area contributed by atoms with Crippen LogP contribution < -0.4 is 5.32 Å². The number of aryl methyl sites for hydroxylation is 2. The molecule has 0 unspecified atom stereocenters. The summed E-state index contributed by atoms with van der Waals surface area (Å²) in [6.45, 7) is 3.89. The minimum Gasteiger partial charge on any atom is -0.324 e. The Morgan fingerprint density at radius 2 is 1.54 bits per heavy atom. The van der Waals surface area contributed by atoms with E-state index in [0.717, 1.165) is 22.4 Å². The monoisotopic (exact) mass is 373 g/mol. The molecule has 0 aliphatic heterocycles. The van der Waals surface area contributed by atoms with Gasteiger partial charge in [-0.25, -0.2) is 0 Å². The summed E-state index contributed by atoms with van der Waals surface area (Å²) in [5.41, 5.74) is 3.74. The van der Waals surface area contributed by atoms with E-state index in [-0.39, 0.29) is 11.8 Å². The highest BCUT2D eigenvalue weighted by atomic mass is 16.2. The number of benzene rings is 2. The van der Waals surface area contributed by atoms with Gasteiger partial charge in [-0.15, -0.1) is 0 Å². The Morgan fingerprint density at radius 3 is 2.14 bits per heavy atom. The third-order valence-corrected chi connectivity index (χ3v) is 4.68. The van der Waals surface area contributed by atoms with Gasteiger partial charge in [0.15, 0.2) is 0 Å². The van der Waals surface area contributed by atoms with Gasteiger partial charge in [-0.05, 0) is 42.7 Å². The number of anilines is 1. The minimum atomic E-state index is -0.783. The maximum absolute atomic E-state index is 13.3. The molecule has 0 fully saturated rings. The second-order valence-electron chi connectivity index (χ2n) is 6.70. The van der Waals surface area contributed by atoms with Gasteiger partial charge in [0, 0.05) is 18.9 Å². The molecule has 1 aromatic heterocycles.